The van der Waals surface area contributed by atoms with Crippen LogP contribution in [-0.2, 0) is 0 Å². The van der Waals surface area contributed by atoms with Crippen molar-refractivity contribution in [1.29, 1.82) is 0 Å². The minimum Gasteiger partial charge on any atom is -0.478 e. The third kappa shape index (κ3) is 5.01. The molecule has 0 bridgehead atoms. The normalized spacial score (nSPS) is 9.39. The number of aromatic carboxylic acids is 4. The lowest BCUT2D eigenvalue weighted by atomic mass is 10.1. The lowest BCUT2D eigenvalue weighted by molar-refractivity contribution is 0.0627. The maximum absolute atomic E-state index is 10.3. The van der Waals surface area contributed by atoms with Gasteiger partial charge in [0, 0.05) is 0 Å². The van der Waals surface area contributed by atoms with Crippen molar-refractivity contribution < 1.29 is 44.0 Å². The quantitative estimate of drug-likeness (QED) is 0.656. The molecule has 9 nitrogen and oxygen atoms in total. The van der Waals surface area contributed by atoms with Gasteiger partial charge in [0.1, 0.15) is 0 Å². The highest BCUT2D eigenvalue weighted by Crippen LogP contribution is 2.07. The van der Waals surface area contributed by atoms with Crippen LogP contribution in [0.3, 0.4) is 0 Å². The molecule has 9 heteroatoms. The van der Waals surface area contributed by atoms with Gasteiger partial charge < -0.3 is 24.8 Å². The van der Waals surface area contributed by atoms with Crippen molar-refractivity contribution in [3.63, 3.8) is 0 Å². The standard InChI is InChI=1S/C8H6O4.C6H4O5/c9-7(10)5-1-2-6(4-3-5)8(11)12;7-5(8)3-1-2-4(11-3)6(9)10/h1-4H,(H,9,10)(H,11,12);1-2H,(H,7,8)(H,9,10). The first-order valence-electron chi connectivity index (χ1n) is 5.85. The summed E-state index contributed by atoms with van der Waals surface area (Å²) in [6.45, 7) is 0. The van der Waals surface area contributed by atoms with E-state index < -0.39 is 23.9 Å². The summed E-state index contributed by atoms with van der Waals surface area (Å²) in [6.07, 6.45) is 0. The highest BCUT2D eigenvalue weighted by molar-refractivity contribution is 5.91. The number of hydrogen-bond acceptors (Lipinski definition) is 5. The first-order chi connectivity index (χ1) is 10.7. The maximum Gasteiger partial charge on any atom is 0.371 e. The number of carboxylic acid groups (broad SMARTS) is 4. The molecule has 0 saturated carbocycles. The van der Waals surface area contributed by atoms with Crippen LogP contribution in [0.15, 0.2) is 40.8 Å². The van der Waals surface area contributed by atoms with Crippen LogP contribution >= 0.6 is 0 Å². The van der Waals surface area contributed by atoms with E-state index in [1.807, 2.05) is 0 Å². The van der Waals surface area contributed by atoms with Crippen molar-refractivity contribution in [1.82, 2.24) is 0 Å². The van der Waals surface area contributed by atoms with Gasteiger partial charge in [0.25, 0.3) is 0 Å². The second kappa shape index (κ2) is 7.41. The van der Waals surface area contributed by atoms with Crippen LogP contribution in [0.2, 0.25) is 0 Å². The summed E-state index contributed by atoms with van der Waals surface area (Å²) in [5.41, 5.74) is 0.167. The van der Waals surface area contributed by atoms with Gasteiger partial charge in [0.05, 0.1) is 11.1 Å². The first-order valence-corrected chi connectivity index (χ1v) is 5.85. The molecule has 0 atom stereocenters. The van der Waals surface area contributed by atoms with E-state index in [2.05, 4.69) is 4.42 Å². The van der Waals surface area contributed by atoms with Gasteiger partial charge in [0.15, 0.2) is 0 Å². The van der Waals surface area contributed by atoms with Gasteiger partial charge >= 0.3 is 23.9 Å². The Morgan fingerprint density at radius 1 is 0.565 bits per heavy atom. The fourth-order valence-electron chi connectivity index (χ4n) is 1.32. The molecule has 2 aromatic rings. The third-order valence-corrected chi connectivity index (χ3v) is 2.41. The molecular formula is C14H10O9. The van der Waals surface area contributed by atoms with E-state index in [9.17, 15) is 19.2 Å². The minimum absolute atomic E-state index is 0.0833. The number of carboxylic acids is 4. The van der Waals surface area contributed by atoms with Gasteiger partial charge in [-0.2, -0.15) is 0 Å². The molecule has 120 valence electrons. The van der Waals surface area contributed by atoms with E-state index in [1.165, 1.54) is 24.3 Å². The molecule has 0 spiro atoms. The van der Waals surface area contributed by atoms with Gasteiger partial charge in [-0.05, 0) is 36.4 Å². The molecule has 0 unspecified atom stereocenters. The zero-order chi connectivity index (χ0) is 17.6. The number of hydrogen-bond donors (Lipinski definition) is 4. The van der Waals surface area contributed by atoms with E-state index in [0.717, 1.165) is 12.1 Å². The summed E-state index contributed by atoms with van der Waals surface area (Å²) in [5, 5.41) is 33.5. The second-order valence-corrected chi connectivity index (χ2v) is 3.96. The van der Waals surface area contributed by atoms with Crippen molar-refractivity contribution in [2.24, 2.45) is 0 Å². The minimum atomic E-state index is -1.28. The highest BCUT2D eigenvalue weighted by Gasteiger charge is 2.12. The Morgan fingerprint density at radius 2 is 0.870 bits per heavy atom. The lowest BCUT2D eigenvalue weighted by Crippen LogP contribution is -1.99. The summed E-state index contributed by atoms with van der Waals surface area (Å²) < 4.78 is 4.41. The van der Waals surface area contributed by atoms with Crippen LogP contribution in [0.5, 0.6) is 0 Å². The SMILES string of the molecule is O=C(O)c1ccc(C(=O)O)cc1.O=C(O)c1ccc(C(=O)O)o1. The molecule has 1 aromatic carbocycles. The van der Waals surface area contributed by atoms with Gasteiger partial charge in [-0.1, -0.05) is 0 Å². The van der Waals surface area contributed by atoms with E-state index in [4.69, 9.17) is 20.4 Å². The van der Waals surface area contributed by atoms with Crippen molar-refractivity contribution in [2.45, 2.75) is 0 Å². The van der Waals surface area contributed by atoms with Crippen LogP contribution in [0.25, 0.3) is 0 Å². The smallest absolute Gasteiger partial charge is 0.371 e. The summed E-state index contributed by atoms with van der Waals surface area (Å²) in [4.78, 5) is 41.0. The molecule has 0 fully saturated rings. The largest absolute Gasteiger partial charge is 0.478 e. The molecule has 1 heterocycles. The summed E-state index contributed by atoms with van der Waals surface area (Å²) in [5.74, 6) is -5.43. The number of furan rings is 1. The van der Waals surface area contributed by atoms with E-state index >= 15 is 0 Å². The fourth-order valence-corrected chi connectivity index (χ4v) is 1.32. The van der Waals surface area contributed by atoms with Crippen LogP contribution in [0.1, 0.15) is 41.8 Å². The lowest BCUT2D eigenvalue weighted by Gasteiger charge is -1.94. The van der Waals surface area contributed by atoms with E-state index in [1.54, 1.807) is 0 Å². The zero-order valence-corrected chi connectivity index (χ0v) is 11.3. The molecule has 23 heavy (non-hydrogen) atoms. The molecular weight excluding hydrogens is 312 g/mol. The van der Waals surface area contributed by atoms with E-state index in [0.29, 0.717) is 0 Å². The molecule has 0 aliphatic carbocycles. The van der Waals surface area contributed by atoms with Gasteiger partial charge in [0.2, 0.25) is 11.5 Å². The molecule has 0 aliphatic rings. The molecule has 0 saturated heterocycles. The van der Waals surface area contributed by atoms with E-state index in [-0.39, 0.29) is 22.6 Å². The Hall–Kier alpha value is -3.62. The van der Waals surface area contributed by atoms with Crippen LogP contribution < -0.4 is 0 Å². The second-order valence-electron chi connectivity index (χ2n) is 3.96. The highest BCUT2D eigenvalue weighted by atomic mass is 16.4. The zero-order valence-electron chi connectivity index (χ0n) is 11.3. The number of benzene rings is 1. The Morgan fingerprint density at radius 3 is 1.04 bits per heavy atom. The Balaban J connectivity index is 0.000000231. The van der Waals surface area contributed by atoms with Crippen LogP contribution in [0.4, 0.5) is 0 Å². The third-order valence-electron chi connectivity index (χ3n) is 2.41. The molecule has 1 aromatic heterocycles. The number of rotatable bonds is 4. The Kier molecular flexibility index (Phi) is 5.61. The van der Waals surface area contributed by atoms with Gasteiger partial charge in [-0.3, -0.25) is 0 Å². The topological polar surface area (TPSA) is 162 Å². The molecule has 2 rings (SSSR count). The van der Waals surface area contributed by atoms with Crippen molar-refractivity contribution in [3.05, 3.63) is 59.0 Å². The maximum atomic E-state index is 10.3. The molecule has 4 N–H and O–H groups in total. The van der Waals surface area contributed by atoms with Gasteiger partial charge in [-0.15, -0.1) is 0 Å². The predicted molar refractivity (Wildman–Crippen MR) is 73.0 cm³/mol. The van der Waals surface area contributed by atoms with Crippen molar-refractivity contribution >= 4 is 23.9 Å². The summed E-state index contributed by atoms with van der Waals surface area (Å²) in [6, 6.07) is 7.20. The van der Waals surface area contributed by atoms with Crippen LogP contribution in [-0.4, -0.2) is 44.3 Å². The molecule has 0 radical (unpaired) electrons. The van der Waals surface area contributed by atoms with Crippen molar-refractivity contribution in [2.75, 3.05) is 0 Å². The summed E-state index contributed by atoms with van der Waals surface area (Å²) in [7, 11) is 0. The average molecular weight is 322 g/mol. The first kappa shape index (κ1) is 17.4. The van der Waals surface area contributed by atoms with Crippen molar-refractivity contribution in [3.8, 4) is 0 Å². The summed E-state index contributed by atoms with van der Waals surface area (Å²) >= 11 is 0. The van der Waals surface area contributed by atoms with Gasteiger partial charge in [-0.25, -0.2) is 19.2 Å². The Bertz CT molecular complexity index is 678. The van der Waals surface area contributed by atoms with Crippen LogP contribution in [0, 0.1) is 0 Å². The molecule has 0 amide bonds. The fraction of sp³-hybridized carbons (Fsp3) is 0. The predicted octanol–water partition coefficient (Wildman–Crippen LogP) is 1.76. The number of carbonyl (C=O) groups is 4. The monoisotopic (exact) mass is 322 g/mol. The Labute approximate surface area is 128 Å². The average Bonchev–Trinajstić information content (AvgIpc) is 2.98. The molecule has 0 aliphatic heterocycles.